The maximum atomic E-state index is 11.8. The molecular formula is C10H14ClN3O3. The van der Waals surface area contributed by atoms with Gasteiger partial charge < -0.3 is 20.9 Å². The quantitative estimate of drug-likeness (QED) is 0.650. The van der Waals surface area contributed by atoms with Gasteiger partial charge in [-0.2, -0.15) is 0 Å². The molecule has 0 aliphatic carbocycles. The second-order valence-corrected chi connectivity index (χ2v) is 3.77. The molecule has 0 aliphatic rings. The largest absolute Gasteiger partial charge is 0.397 e. The summed E-state index contributed by atoms with van der Waals surface area (Å²) in [6.07, 6.45) is 1.36. The van der Waals surface area contributed by atoms with Crippen molar-refractivity contribution in [3.8, 4) is 0 Å². The van der Waals surface area contributed by atoms with Crippen LogP contribution in [0.3, 0.4) is 0 Å². The summed E-state index contributed by atoms with van der Waals surface area (Å²) in [5.74, 6) is -0.453. The highest BCUT2D eigenvalue weighted by Gasteiger charge is 2.16. The summed E-state index contributed by atoms with van der Waals surface area (Å²) in [7, 11) is 1.48. The monoisotopic (exact) mass is 259 g/mol. The summed E-state index contributed by atoms with van der Waals surface area (Å²) in [6, 6.07) is 0.927. The lowest BCUT2D eigenvalue weighted by atomic mass is 10.2. The third-order valence-electron chi connectivity index (χ3n) is 2.03. The normalized spacial score (nSPS) is 12.2. The van der Waals surface area contributed by atoms with Gasteiger partial charge >= 0.3 is 0 Å². The van der Waals surface area contributed by atoms with Crippen LogP contribution in [-0.4, -0.2) is 42.4 Å². The van der Waals surface area contributed by atoms with Gasteiger partial charge in [0.1, 0.15) is 5.15 Å². The Morgan fingerprint density at radius 2 is 2.47 bits per heavy atom. The average Bonchev–Trinajstić information content (AvgIpc) is 2.31. The number of methoxy groups -OCH3 is 1. The SMILES string of the molecule is COCC(CO)NC(=O)c1cc(N)cnc1Cl. The molecule has 0 spiro atoms. The summed E-state index contributed by atoms with van der Waals surface area (Å²) in [5, 5.41) is 11.6. The van der Waals surface area contributed by atoms with Crippen molar-refractivity contribution in [1.82, 2.24) is 10.3 Å². The van der Waals surface area contributed by atoms with Crippen LogP contribution in [-0.2, 0) is 4.74 Å². The molecule has 1 amide bonds. The predicted molar refractivity (Wildman–Crippen MR) is 63.9 cm³/mol. The van der Waals surface area contributed by atoms with Crippen molar-refractivity contribution in [2.45, 2.75) is 6.04 Å². The van der Waals surface area contributed by atoms with E-state index >= 15 is 0 Å². The number of carbonyl (C=O) groups excluding carboxylic acids is 1. The summed E-state index contributed by atoms with van der Waals surface area (Å²) < 4.78 is 4.84. The fourth-order valence-corrected chi connectivity index (χ4v) is 1.42. The predicted octanol–water partition coefficient (Wildman–Crippen LogP) is 0.0543. The molecule has 6 nitrogen and oxygen atoms in total. The molecule has 0 aliphatic heterocycles. The Kier molecular flexibility index (Phi) is 5.14. The van der Waals surface area contributed by atoms with Crippen molar-refractivity contribution in [2.24, 2.45) is 0 Å². The Labute approximate surface area is 104 Å². The second-order valence-electron chi connectivity index (χ2n) is 3.42. The van der Waals surface area contributed by atoms with Crippen LogP contribution in [0.5, 0.6) is 0 Å². The molecule has 0 bridgehead atoms. The van der Waals surface area contributed by atoms with Crippen molar-refractivity contribution in [3.63, 3.8) is 0 Å². The number of anilines is 1. The van der Waals surface area contributed by atoms with Gasteiger partial charge in [-0.05, 0) is 6.07 Å². The number of hydrogen-bond acceptors (Lipinski definition) is 5. The molecule has 7 heteroatoms. The number of aromatic nitrogens is 1. The van der Waals surface area contributed by atoms with Crippen molar-refractivity contribution in [2.75, 3.05) is 26.1 Å². The number of aliphatic hydroxyl groups is 1. The highest BCUT2D eigenvalue weighted by molar-refractivity contribution is 6.32. The van der Waals surface area contributed by atoms with Gasteiger partial charge in [0, 0.05) is 7.11 Å². The highest BCUT2D eigenvalue weighted by Crippen LogP contribution is 2.15. The van der Waals surface area contributed by atoms with E-state index in [1.165, 1.54) is 19.4 Å². The van der Waals surface area contributed by atoms with Crippen LogP contribution in [0.1, 0.15) is 10.4 Å². The average molecular weight is 260 g/mol. The molecular weight excluding hydrogens is 246 g/mol. The number of amides is 1. The summed E-state index contributed by atoms with van der Waals surface area (Å²) in [5.41, 5.74) is 6.02. The van der Waals surface area contributed by atoms with Crippen LogP contribution >= 0.6 is 11.6 Å². The molecule has 1 aromatic heterocycles. The van der Waals surface area contributed by atoms with Crippen molar-refractivity contribution < 1.29 is 14.6 Å². The number of nitrogen functional groups attached to an aromatic ring is 1. The van der Waals surface area contributed by atoms with Crippen LogP contribution in [0.4, 0.5) is 5.69 Å². The van der Waals surface area contributed by atoms with Crippen LogP contribution in [0, 0.1) is 0 Å². The van der Waals surface area contributed by atoms with Gasteiger partial charge in [0.15, 0.2) is 0 Å². The highest BCUT2D eigenvalue weighted by atomic mass is 35.5. The lowest BCUT2D eigenvalue weighted by molar-refractivity contribution is 0.0839. The molecule has 1 unspecified atom stereocenters. The molecule has 1 atom stereocenters. The molecule has 1 heterocycles. The van der Waals surface area contributed by atoms with E-state index < -0.39 is 11.9 Å². The second kappa shape index (κ2) is 6.39. The minimum absolute atomic E-state index is 0.0609. The summed E-state index contributed by atoms with van der Waals surface area (Å²) in [6.45, 7) is -0.0253. The smallest absolute Gasteiger partial charge is 0.254 e. The molecule has 4 N–H and O–H groups in total. The van der Waals surface area contributed by atoms with E-state index in [0.29, 0.717) is 5.69 Å². The first-order valence-electron chi connectivity index (χ1n) is 4.90. The Balaban J connectivity index is 2.78. The molecule has 0 saturated heterocycles. The Bertz CT molecular complexity index is 400. The van der Waals surface area contributed by atoms with Gasteiger partial charge in [-0.15, -0.1) is 0 Å². The number of carbonyl (C=O) groups is 1. The van der Waals surface area contributed by atoms with E-state index in [0.717, 1.165) is 0 Å². The molecule has 0 fully saturated rings. The zero-order chi connectivity index (χ0) is 12.8. The number of ether oxygens (including phenoxy) is 1. The van der Waals surface area contributed by atoms with Crippen molar-refractivity contribution >= 4 is 23.2 Å². The Hall–Kier alpha value is -1.37. The Morgan fingerprint density at radius 3 is 3.06 bits per heavy atom. The lowest BCUT2D eigenvalue weighted by Crippen LogP contribution is -2.40. The lowest BCUT2D eigenvalue weighted by Gasteiger charge is -2.15. The van der Waals surface area contributed by atoms with E-state index in [4.69, 9.17) is 27.2 Å². The van der Waals surface area contributed by atoms with E-state index in [2.05, 4.69) is 10.3 Å². The van der Waals surface area contributed by atoms with Crippen LogP contribution in [0.25, 0.3) is 0 Å². The number of nitrogens with zero attached hydrogens (tertiary/aromatic N) is 1. The van der Waals surface area contributed by atoms with E-state index in [9.17, 15) is 4.79 Å². The molecule has 1 aromatic rings. The minimum atomic E-state index is -0.495. The number of hydrogen-bond donors (Lipinski definition) is 3. The number of halogens is 1. The summed E-state index contributed by atoms with van der Waals surface area (Å²) in [4.78, 5) is 15.6. The maximum Gasteiger partial charge on any atom is 0.254 e. The van der Waals surface area contributed by atoms with Gasteiger partial charge in [0.05, 0.1) is 36.7 Å². The third kappa shape index (κ3) is 3.85. The standard InChI is InChI=1S/C10H14ClN3O3/c1-17-5-7(4-15)14-10(16)8-2-6(12)3-13-9(8)11/h2-3,7,15H,4-5,12H2,1H3,(H,14,16). The van der Waals surface area contributed by atoms with Gasteiger partial charge in [-0.1, -0.05) is 11.6 Å². The van der Waals surface area contributed by atoms with E-state index in [-0.39, 0.29) is 23.9 Å². The Morgan fingerprint density at radius 1 is 1.76 bits per heavy atom. The first-order chi connectivity index (χ1) is 8.08. The van der Waals surface area contributed by atoms with Crippen LogP contribution in [0.15, 0.2) is 12.3 Å². The molecule has 94 valence electrons. The molecule has 17 heavy (non-hydrogen) atoms. The first kappa shape index (κ1) is 13.7. The summed E-state index contributed by atoms with van der Waals surface area (Å²) >= 11 is 5.77. The zero-order valence-electron chi connectivity index (χ0n) is 9.31. The number of rotatable bonds is 5. The molecule has 0 saturated carbocycles. The number of nitrogens with two attached hydrogens (primary N) is 1. The van der Waals surface area contributed by atoms with Crippen LogP contribution in [0.2, 0.25) is 5.15 Å². The molecule has 1 rings (SSSR count). The fourth-order valence-electron chi connectivity index (χ4n) is 1.23. The minimum Gasteiger partial charge on any atom is -0.397 e. The zero-order valence-corrected chi connectivity index (χ0v) is 10.1. The van der Waals surface area contributed by atoms with Gasteiger partial charge in [-0.25, -0.2) is 4.98 Å². The topological polar surface area (TPSA) is 97.5 Å². The van der Waals surface area contributed by atoms with Crippen molar-refractivity contribution in [3.05, 3.63) is 23.0 Å². The number of nitrogens with one attached hydrogen (secondary N) is 1. The van der Waals surface area contributed by atoms with Gasteiger partial charge in [-0.3, -0.25) is 4.79 Å². The molecule has 0 aromatic carbocycles. The maximum absolute atomic E-state index is 11.8. The number of pyridine rings is 1. The fraction of sp³-hybridized carbons (Fsp3) is 0.400. The van der Waals surface area contributed by atoms with E-state index in [1.54, 1.807) is 0 Å². The first-order valence-corrected chi connectivity index (χ1v) is 5.28. The number of aliphatic hydroxyl groups excluding tert-OH is 1. The van der Waals surface area contributed by atoms with Crippen molar-refractivity contribution in [1.29, 1.82) is 0 Å². The van der Waals surface area contributed by atoms with Crippen LogP contribution < -0.4 is 11.1 Å². The van der Waals surface area contributed by atoms with E-state index in [1.807, 2.05) is 0 Å². The van der Waals surface area contributed by atoms with Gasteiger partial charge in [0.25, 0.3) is 5.91 Å². The molecule has 0 radical (unpaired) electrons. The van der Waals surface area contributed by atoms with Gasteiger partial charge in [0.2, 0.25) is 0 Å². The third-order valence-corrected chi connectivity index (χ3v) is 2.33.